The predicted molar refractivity (Wildman–Crippen MR) is 119 cm³/mol. The average Bonchev–Trinajstić information content (AvgIpc) is 3.48. The zero-order valence-electron chi connectivity index (χ0n) is 18.2. The minimum absolute atomic E-state index is 0.167. The molecule has 170 valence electrons. The topological polar surface area (TPSA) is 81.7 Å². The normalized spacial score (nSPS) is 18.4. The van der Waals surface area contributed by atoms with Crippen molar-refractivity contribution in [2.75, 3.05) is 5.32 Å². The summed E-state index contributed by atoms with van der Waals surface area (Å²) in [5.41, 5.74) is 2.07. The molecular formula is C24H24F2N6O. The van der Waals surface area contributed by atoms with Gasteiger partial charge in [-0.15, -0.1) is 0 Å². The third-order valence-corrected chi connectivity index (χ3v) is 6.16. The first-order valence-electron chi connectivity index (χ1n) is 11.1. The van der Waals surface area contributed by atoms with Crippen LogP contribution in [0.2, 0.25) is 0 Å². The van der Waals surface area contributed by atoms with Gasteiger partial charge >= 0.3 is 0 Å². The second-order valence-electron chi connectivity index (χ2n) is 8.45. The van der Waals surface area contributed by atoms with Gasteiger partial charge in [-0.25, -0.2) is 18.7 Å². The zero-order valence-corrected chi connectivity index (χ0v) is 18.2. The van der Waals surface area contributed by atoms with Crippen LogP contribution in [0.4, 0.5) is 14.6 Å². The lowest BCUT2D eigenvalue weighted by Gasteiger charge is -2.30. The molecule has 7 nitrogen and oxygen atoms in total. The Morgan fingerprint density at radius 3 is 2.73 bits per heavy atom. The van der Waals surface area contributed by atoms with Crippen molar-refractivity contribution >= 4 is 5.82 Å². The molecule has 0 aliphatic heterocycles. The molecule has 1 fully saturated rings. The summed E-state index contributed by atoms with van der Waals surface area (Å²) in [4.78, 5) is 8.60. The SMILES string of the molecule is C[C@@H]1CCCCC1Nc1nc(-c2cc(-c3ccon3)n(Cc3ccccc3F)n2)ncc1F. The Morgan fingerprint density at radius 2 is 1.94 bits per heavy atom. The van der Waals surface area contributed by atoms with Crippen molar-refractivity contribution in [3.63, 3.8) is 0 Å². The van der Waals surface area contributed by atoms with Crippen molar-refractivity contribution in [1.82, 2.24) is 24.9 Å². The van der Waals surface area contributed by atoms with Crippen LogP contribution < -0.4 is 5.32 Å². The van der Waals surface area contributed by atoms with E-state index in [0.717, 1.165) is 25.5 Å². The molecule has 1 aliphatic carbocycles. The maximum Gasteiger partial charge on any atom is 0.183 e. The molecule has 1 unspecified atom stereocenters. The molecule has 0 bridgehead atoms. The molecule has 0 saturated heterocycles. The fourth-order valence-corrected chi connectivity index (χ4v) is 4.28. The molecule has 3 heterocycles. The van der Waals surface area contributed by atoms with Crippen LogP contribution in [-0.2, 0) is 6.54 Å². The van der Waals surface area contributed by atoms with E-state index in [1.54, 1.807) is 35.0 Å². The Balaban J connectivity index is 1.49. The summed E-state index contributed by atoms with van der Waals surface area (Å²) < 4.78 is 35.4. The van der Waals surface area contributed by atoms with Crippen molar-refractivity contribution in [1.29, 1.82) is 0 Å². The van der Waals surface area contributed by atoms with Crippen molar-refractivity contribution in [2.24, 2.45) is 5.92 Å². The highest BCUT2D eigenvalue weighted by Crippen LogP contribution is 2.29. The van der Waals surface area contributed by atoms with Crippen LogP contribution in [0.3, 0.4) is 0 Å². The molecule has 0 spiro atoms. The van der Waals surface area contributed by atoms with E-state index in [-0.39, 0.29) is 30.0 Å². The Bertz CT molecular complexity index is 1240. The standard InChI is InChI=1S/C24H24F2N6O/c1-15-6-2-5-9-19(15)28-23-18(26)13-27-24(29-23)21-12-22(20-10-11-33-31-20)32(30-21)14-16-7-3-4-8-17(16)25/h3-4,7-8,10-13,15,19H,2,5-6,9,14H2,1H3,(H,27,28,29)/t15-,19?/m1/s1. The monoisotopic (exact) mass is 450 g/mol. The molecule has 0 radical (unpaired) electrons. The zero-order chi connectivity index (χ0) is 22.8. The molecule has 9 heteroatoms. The van der Waals surface area contributed by atoms with Crippen LogP contribution in [0.5, 0.6) is 0 Å². The third kappa shape index (κ3) is 4.48. The van der Waals surface area contributed by atoms with Gasteiger partial charge in [0.05, 0.1) is 18.4 Å². The summed E-state index contributed by atoms with van der Waals surface area (Å²) in [6, 6.07) is 10.1. The largest absolute Gasteiger partial charge is 0.365 e. The number of nitrogens with one attached hydrogen (secondary N) is 1. The van der Waals surface area contributed by atoms with Gasteiger partial charge in [0.15, 0.2) is 17.5 Å². The summed E-state index contributed by atoms with van der Waals surface area (Å²) in [5, 5.41) is 11.9. The van der Waals surface area contributed by atoms with Crippen LogP contribution in [0.25, 0.3) is 22.9 Å². The molecule has 1 aliphatic rings. The van der Waals surface area contributed by atoms with E-state index in [2.05, 4.69) is 32.5 Å². The van der Waals surface area contributed by atoms with Crippen LogP contribution in [0.1, 0.15) is 38.2 Å². The van der Waals surface area contributed by atoms with Crippen molar-refractivity contribution in [2.45, 2.75) is 45.2 Å². The average molecular weight is 450 g/mol. The molecule has 3 aromatic heterocycles. The Morgan fingerprint density at radius 1 is 1.09 bits per heavy atom. The Labute approximate surface area is 189 Å². The lowest BCUT2D eigenvalue weighted by Crippen LogP contribution is -2.31. The second-order valence-corrected chi connectivity index (χ2v) is 8.45. The predicted octanol–water partition coefficient (Wildman–Crippen LogP) is 5.31. The van der Waals surface area contributed by atoms with E-state index in [9.17, 15) is 8.78 Å². The smallest absolute Gasteiger partial charge is 0.183 e. The van der Waals surface area contributed by atoms with E-state index < -0.39 is 5.82 Å². The van der Waals surface area contributed by atoms with E-state index in [1.807, 2.05) is 0 Å². The maximum absolute atomic E-state index is 14.5. The Kier molecular flexibility index (Phi) is 5.85. The molecule has 5 rings (SSSR count). The molecule has 4 aromatic rings. The van der Waals surface area contributed by atoms with Crippen molar-refractivity contribution < 1.29 is 13.3 Å². The van der Waals surface area contributed by atoms with Gasteiger partial charge in [0.1, 0.15) is 23.5 Å². The van der Waals surface area contributed by atoms with Crippen LogP contribution in [0.15, 0.2) is 53.4 Å². The van der Waals surface area contributed by atoms with E-state index in [4.69, 9.17) is 4.52 Å². The number of benzene rings is 1. The van der Waals surface area contributed by atoms with Crippen LogP contribution in [-0.4, -0.2) is 30.9 Å². The lowest BCUT2D eigenvalue weighted by molar-refractivity contribution is 0.348. The van der Waals surface area contributed by atoms with Crippen molar-refractivity contribution in [3.05, 3.63) is 66.1 Å². The van der Waals surface area contributed by atoms with Gasteiger partial charge in [-0.3, -0.25) is 4.68 Å². The number of nitrogens with zero attached hydrogens (tertiary/aromatic N) is 5. The molecule has 1 aromatic carbocycles. The van der Waals surface area contributed by atoms with E-state index >= 15 is 0 Å². The van der Waals surface area contributed by atoms with Crippen molar-refractivity contribution in [3.8, 4) is 22.9 Å². The Hall–Kier alpha value is -3.62. The quantitative estimate of drug-likeness (QED) is 0.429. The van der Waals surface area contributed by atoms with Gasteiger partial charge in [-0.05, 0) is 30.9 Å². The third-order valence-electron chi connectivity index (χ3n) is 6.16. The highest BCUT2D eigenvalue weighted by atomic mass is 19.1. The first kappa shape index (κ1) is 21.2. The molecule has 2 atom stereocenters. The number of anilines is 1. The number of hydrogen-bond donors (Lipinski definition) is 1. The summed E-state index contributed by atoms with van der Waals surface area (Å²) in [5.74, 6) is 0.0610. The number of aromatic nitrogens is 5. The first-order valence-corrected chi connectivity index (χ1v) is 11.1. The number of hydrogen-bond acceptors (Lipinski definition) is 6. The maximum atomic E-state index is 14.5. The highest BCUT2D eigenvalue weighted by Gasteiger charge is 2.24. The molecule has 0 amide bonds. The lowest BCUT2D eigenvalue weighted by atomic mass is 9.86. The van der Waals surface area contributed by atoms with Gasteiger partial charge in [-0.1, -0.05) is 43.1 Å². The minimum atomic E-state index is -0.501. The molecule has 1 saturated carbocycles. The van der Waals surface area contributed by atoms with Gasteiger partial charge in [0.25, 0.3) is 0 Å². The van der Waals surface area contributed by atoms with Gasteiger partial charge < -0.3 is 9.84 Å². The van der Waals surface area contributed by atoms with E-state index in [1.165, 1.54) is 18.8 Å². The number of halogens is 2. The second kappa shape index (κ2) is 9.09. The first-order chi connectivity index (χ1) is 16.1. The van der Waals surface area contributed by atoms with Gasteiger partial charge in [0, 0.05) is 17.7 Å². The fourth-order valence-electron chi connectivity index (χ4n) is 4.28. The summed E-state index contributed by atoms with van der Waals surface area (Å²) in [6.45, 7) is 2.35. The van der Waals surface area contributed by atoms with Crippen LogP contribution in [0, 0.1) is 17.6 Å². The van der Waals surface area contributed by atoms with Gasteiger partial charge in [0.2, 0.25) is 0 Å². The van der Waals surface area contributed by atoms with E-state index in [0.29, 0.717) is 28.6 Å². The summed E-state index contributed by atoms with van der Waals surface area (Å²) in [7, 11) is 0. The van der Waals surface area contributed by atoms with Gasteiger partial charge in [-0.2, -0.15) is 5.10 Å². The fraction of sp³-hybridized carbons (Fsp3) is 0.333. The highest BCUT2D eigenvalue weighted by molar-refractivity contribution is 5.63. The summed E-state index contributed by atoms with van der Waals surface area (Å²) in [6.07, 6.45) is 7.01. The molecule has 1 N–H and O–H groups in total. The molecular weight excluding hydrogens is 426 g/mol. The van der Waals surface area contributed by atoms with Crippen LogP contribution >= 0.6 is 0 Å². The summed E-state index contributed by atoms with van der Waals surface area (Å²) >= 11 is 0. The molecule has 33 heavy (non-hydrogen) atoms. The number of rotatable bonds is 6. The minimum Gasteiger partial charge on any atom is -0.365 e.